The van der Waals surface area contributed by atoms with Crippen LogP contribution in [0.15, 0.2) is 22.9 Å². The average molecular weight is 511 g/mol. The summed E-state index contributed by atoms with van der Waals surface area (Å²) in [5.41, 5.74) is 3.35. The molecule has 1 saturated carbocycles. The number of rotatable bonds is 8. The van der Waals surface area contributed by atoms with Crippen molar-refractivity contribution in [3.8, 4) is 11.1 Å². The molecular formula is C27H35FN6O3. The fourth-order valence-electron chi connectivity index (χ4n) is 5.05. The van der Waals surface area contributed by atoms with E-state index in [0.29, 0.717) is 34.7 Å². The lowest BCUT2D eigenvalue weighted by Crippen LogP contribution is -2.49. The molecule has 0 radical (unpaired) electrons. The molecule has 4 rings (SSSR count). The maximum atomic E-state index is 15.1. The van der Waals surface area contributed by atoms with Crippen molar-refractivity contribution >= 4 is 17.6 Å². The highest BCUT2D eigenvalue weighted by molar-refractivity contribution is 6.01. The van der Waals surface area contributed by atoms with E-state index in [1.807, 2.05) is 27.7 Å². The SMILES string of the molecule is CCc1n[nH]c(C)c1-c1ccc(NC(=O)[C@@H](NC(=O)c2conc2C(C)C)C2CCC(C)CC2)nc1F. The van der Waals surface area contributed by atoms with Crippen LogP contribution in [0.2, 0.25) is 0 Å². The van der Waals surface area contributed by atoms with Gasteiger partial charge in [-0.1, -0.05) is 45.7 Å². The molecule has 1 aliphatic rings. The number of H-pyrrole nitrogens is 1. The van der Waals surface area contributed by atoms with E-state index in [4.69, 9.17) is 4.52 Å². The number of aryl methyl sites for hydroxylation is 2. The van der Waals surface area contributed by atoms with Gasteiger partial charge in [-0.05, 0) is 56.1 Å². The second kappa shape index (κ2) is 11.2. The van der Waals surface area contributed by atoms with E-state index in [-0.39, 0.29) is 17.7 Å². The molecule has 0 aliphatic heterocycles. The second-order valence-electron chi connectivity index (χ2n) is 10.3. The Morgan fingerprint density at radius 3 is 2.59 bits per heavy atom. The topological polar surface area (TPSA) is 126 Å². The van der Waals surface area contributed by atoms with E-state index < -0.39 is 23.8 Å². The van der Waals surface area contributed by atoms with E-state index in [0.717, 1.165) is 37.1 Å². The van der Waals surface area contributed by atoms with Gasteiger partial charge in [0.15, 0.2) is 0 Å². The molecule has 0 saturated heterocycles. The summed E-state index contributed by atoms with van der Waals surface area (Å²) in [6, 6.07) is 2.36. The molecule has 3 heterocycles. The van der Waals surface area contributed by atoms with E-state index in [1.165, 1.54) is 6.26 Å². The highest BCUT2D eigenvalue weighted by Gasteiger charge is 2.34. The van der Waals surface area contributed by atoms with Crippen LogP contribution in [0.5, 0.6) is 0 Å². The first-order chi connectivity index (χ1) is 17.7. The molecular weight excluding hydrogens is 475 g/mol. The number of hydrogen-bond acceptors (Lipinski definition) is 6. The van der Waals surface area contributed by atoms with Gasteiger partial charge in [-0.25, -0.2) is 4.98 Å². The van der Waals surface area contributed by atoms with Gasteiger partial charge in [-0.3, -0.25) is 14.7 Å². The number of halogens is 1. The second-order valence-corrected chi connectivity index (χ2v) is 10.3. The van der Waals surface area contributed by atoms with Crippen molar-refractivity contribution in [2.75, 3.05) is 5.32 Å². The van der Waals surface area contributed by atoms with Gasteiger partial charge in [0.2, 0.25) is 11.9 Å². The van der Waals surface area contributed by atoms with Crippen LogP contribution in [0.4, 0.5) is 10.2 Å². The van der Waals surface area contributed by atoms with Crippen molar-refractivity contribution in [2.45, 2.75) is 78.7 Å². The third-order valence-corrected chi connectivity index (χ3v) is 7.22. The molecule has 2 amide bonds. The average Bonchev–Trinajstić information content (AvgIpc) is 3.50. The predicted octanol–water partition coefficient (Wildman–Crippen LogP) is 5.16. The lowest BCUT2D eigenvalue weighted by molar-refractivity contribution is -0.119. The van der Waals surface area contributed by atoms with Crippen LogP contribution < -0.4 is 10.6 Å². The van der Waals surface area contributed by atoms with Gasteiger partial charge < -0.3 is 15.2 Å². The molecule has 0 bridgehead atoms. The molecule has 1 atom stereocenters. The minimum absolute atomic E-state index is 0.0138. The number of carbonyl (C=O) groups is 2. The summed E-state index contributed by atoms with van der Waals surface area (Å²) in [7, 11) is 0. The number of carbonyl (C=O) groups excluding carboxylic acids is 2. The van der Waals surface area contributed by atoms with Crippen LogP contribution in [0.1, 0.15) is 86.7 Å². The van der Waals surface area contributed by atoms with Crippen molar-refractivity contribution in [2.24, 2.45) is 11.8 Å². The molecule has 0 unspecified atom stereocenters. The van der Waals surface area contributed by atoms with Crippen LogP contribution >= 0.6 is 0 Å². The normalized spacial score (nSPS) is 18.6. The minimum Gasteiger partial charge on any atom is -0.364 e. The molecule has 1 aliphatic carbocycles. The zero-order valence-corrected chi connectivity index (χ0v) is 22.0. The Labute approximate surface area is 216 Å². The lowest BCUT2D eigenvalue weighted by atomic mass is 9.79. The quantitative estimate of drug-likeness (QED) is 0.360. The van der Waals surface area contributed by atoms with Gasteiger partial charge in [0.25, 0.3) is 5.91 Å². The molecule has 37 heavy (non-hydrogen) atoms. The Morgan fingerprint density at radius 1 is 1.22 bits per heavy atom. The zero-order chi connectivity index (χ0) is 26.7. The zero-order valence-electron chi connectivity index (χ0n) is 22.0. The Hall–Kier alpha value is -3.56. The predicted molar refractivity (Wildman–Crippen MR) is 137 cm³/mol. The van der Waals surface area contributed by atoms with Crippen LogP contribution in [0, 0.1) is 24.7 Å². The number of aromatic amines is 1. The molecule has 3 aromatic heterocycles. The van der Waals surface area contributed by atoms with Gasteiger partial charge in [0.1, 0.15) is 23.7 Å². The lowest BCUT2D eigenvalue weighted by Gasteiger charge is -2.32. The van der Waals surface area contributed by atoms with Crippen molar-refractivity contribution in [3.63, 3.8) is 0 Å². The van der Waals surface area contributed by atoms with E-state index in [2.05, 4.69) is 37.9 Å². The van der Waals surface area contributed by atoms with Crippen LogP contribution in [0.25, 0.3) is 11.1 Å². The number of aromatic nitrogens is 4. The van der Waals surface area contributed by atoms with E-state index >= 15 is 4.39 Å². The van der Waals surface area contributed by atoms with E-state index in [9.17, 15) is 9.59 Å². The van der Waals surface area contributed by atoms with Gasteiger partial charge in [0, 0.05) is 16.8 Å². The van der Waals surface area contributed by atoms with Gasteiger partial charge in [-0.15, -0.1) is 0 Å². The van der Waals surface area contributed by atoms with Crippen molar-refractivity contribution in [3.05, 3.63) is 47.0 Å². The van der Waals surface area contributed by atoms with Crippen LogP contribution in [0.3, 0.4) is 0 Å². The van der Waals surface area contributed by atoms with Gasteiger partial charge in [-0.2, -0.15) is 9.49 Å². The minimum atomic E-state index is -0.803. The summed E-state index contributed by atoms with van der Waals surface area (Å²) in [4.78, 5) is 30.6. The number of nitrogens with one attached hydrogen (secondary N) is 3. The summed E-state index contributed by atoms with van der Waals surface area (Å²) in [5.74, 6) is -0.946. The summed E-state index contributed by atoms with van der Waals surface area (Å²) in [6.45, 7) is 9.80. The Balaban J connectivity index is 1.56. The van der Waals surface area contributed by atoms with Crippen LogP contribution in [-0.4, -0.2) is 38.2 Å². The maximum Gasteiger partial charge on any atom is 0.257 e. The smallest absolute Gasteiger partial charge is 0.257 e. The van der Waals surface area contributed by atoms with Crippen molar-refractivity contribution in [1.29, 1.82) is 0 Å². The number of amides is 2. The first-order valence-corrected chi connectivity index (χ1v) is 13.0. The largest absolute Gasteiger partial charge is 0.364 e. The Bertz CT molecular complexity index is 1260. The Morgan fingerprint density at radius 2 is 1.95 bits per heavy atom. The first kappa shape index (κ1) is 26.5. The highest BCUT2D eigenvalue weighted by Crippen LogP contribution is 2.32. The summed E-state index contributed by atoms with van der Waals surface area (Å²) >= 11 is 0. The van der Waals surface area contributed by atoms with Crippen LogP contribution in [-0.2, 0) is 11.2 Å². The summed E-state index contributed by atoms with van der Waals surface area (Å²) in [6.07, 6.45) is 5.51. The first-order valence-electron chi connectivity index (χ1n) is 13.0. The molecule has 3 N–H and O–H groups in total. The molecule has 1 fully saturated rings. The highest BCUT2D eigenvalue weighted by atomic mass is 19.1. The maximum absolute atomic E-state index is 15.1. The number of anilines is 1. The standard InChI is InChI=1S/C27H35FN6O3/c1-6-20-22(16(5)32-33-20)18-11-12-21(29-25(18)28)30-27(36)24(17-9-7-15(4)8-10-17)31-26(35)19-13-37-34-23(19)14(2)3/h11-15,17,24H,6-10H2,1-5H3,(H,31,35)(H,32,33)(H,29,30,36)/t15?,17?,24-/m0/s1. The fraction of sp³-hybridized carbons (Fsp3) is 0.519. The number of nitrogens with zero attached hydrogens (tertiary/aromatic N) is 3. The number of pyridine rings is 1. The van der Waals surface area contributed by atoms with Crippen molar-refractivity contribution < 1.29 is 18.5 Å². The fourth-order valence-corrected chi connectivity index (χ4v) is 5.05. The monoisotopic (exact) mass is 510 g/mol. The molecule has 10 heteroatoms. The van der Waals surface area contributed by atoms with Gasteiger partial charge >= 0.3 is 0 Å². The molecule has 9 nitrogen and oxygen atoms in total. The summed E-state index contributed by atoms with van der Waals surface area (Å²) < 4.78 is 20.1. The number of hydrogen-bond donors (Lipinski definition) is 3. The molecule has 0 spiro atoms. The third kappa shape index (κ3) is 5.73. The summed E-state index contributed by atoms with van der Waals surface area (Å²) in [5, 5.41) is 16.7. The van der Waals surface area contributed by atoms with E-state index in [1.54, 1.807) is 12.1 Å². The van der Waals surface area contributed by atoms with Gasteiger partial charge in [0.05, 0.1) is 11.4 Å². The molecule has 0 aromatic carbocycles. The third-order valence-electron chi connectivity index (χ3n) is 7.22. The van der Waals surface area contributed by atoms with Crippen molar-refractivity contribution in [1.82, 2.24) is 25.7 Å². The molecule has 3 aromatic rings. The Kier molecular flexibility index (Phi) is 8.04. The molecule has 198 valence electrons.